The van der Waals surface area contributed by atoms with E-state index in [-0.39, 0.29) is 17.3 Å². The molecule has 0 bridgehead atoms. The maximum atomic E-state index is 12.4. The summed E-state index contributed by atoms with van der Waals surface area (Å²) >= 11 is 2.26. The van der Waals surface area contributed by atoms with Crippen molar-refractivity contribution in [3.8, 4) is 11.5 Å². The number of nitro groups is 1. The summed E-state index contributed by atoms with van der Waals surface area (Å²) in [6.45, 7) is 4.34. The number of carbonyl (C=O) groups is 1. The lowest BCUT2D eigenvalue weighted by atomic mass is 10.1. The van der Waals surface area contributed by atoms with Crippen LogP contribution < -0.4 is 9.47 Å². The van der Waals surface area contributed by atoms with Crippen molar-refractivity contribution in [2.24, 2.45) is 4.99 Å². The Hall–Kier alpha value is -3.73. The highest BCUT2D eigenvalue weighted by Crippen LogP contribution is 2.31. The summed E-state index contributed by atoms with van der Waals surface area (Å²) in [5, 5.41) is 11.0. The van der Waals surface area contributed by atoms with E-state index in [1.165, 1.54) is 12.1 Å². The minimum absolute atomic E-state index is 0.0119. The first-order valence-corrected chi connectivity index (χ1v) is 11.8. The van der Waals surface area contributed by atoms with Gasteiger partial charge in [0.25, 0.3) is 5.69 Å². The minimum Gasteiger partial charge on any atom is -0.490 e. The normalized spacial score (nSPS) is 14.0. The van der Waals surface area contributed by atoms with Gasteiger partial charge in [0, 0.05) is 20.8 Å². The second kappa shape index (κ2) is 10.7. The molecule has 0 aliphatic carbocycles. The van der Waals surface area contributed by atoms with Gasteiger partial charge in [0.15, 0.2) is 17.2 Å². The van der Waals surface area contributed by atoms with Crippen LogP contribution in [0.25, 0.3) is 6.08 Å². The van der Waals surface area contributed by atoms with Gasteiger partial charge in [0.05, 0.1) is 11.5 Å². The van der Waals surface area contributed by atoms with E-state index >= 15 is 0 Å². The lowest BCUT2D eigenvalue weighted by Crippen LogP contribution is -2.06. The molecule has 0 fully saturated rings. The second-order valence-corrected chi connectivity index (χ2v) is 8.90. The third-order valence-corrected chi connectivity index (χ3v) is 5.79. The molecule has 0 saturated carbocycles. The Balaban J connectivity index is 1.56. The van der Waals surface area contributed by atoms with E-state index in [9.17, 15) is 14.9 Å². The van der Waals surface area contributed by atoms with Crippen LogP contribution in [0.15, 0.2) is 71.4 Å². The number of rotatable bonds is 8. The Bertz CT molecular complexity index is 1370. The number of nitrogens with zero attached hydrogens (tertiary/aromatic N) is 2. The van der Waals surface area contributed by atoms with Crippen LogP contribution in [0.3, 0.4) is 0 Å². The van der Waals surface area contributed by atoms with E-state index in [0.29, 0.717) is 41.4 Å². The van der Waals surface area contributed by atoms with Crippen molar-refractivity contribution in [2.45, 2.75) is 20.5 Å². The fourth-order valence-corrected chi connectivity index (χ4v) is 4.08. The van der Waals surface area contributed by atoms with Crippen LogP contribution in [0.1, 0.15) is 29.2 Å². The summed E-state index contributed by atoms with van der Waals surface area (Å²) in [4.78, 5) is 27.3. The molecule has 1 heterocycles. The van der Waals surface area contributed by atoms with Gasteiger partial charge in [-0.1, -0.05) is 18.2 Å². The Labute approximate surface area is 215 Å². The lowest BCUT2D eigenvalue weighted by molar-refractivity contribution is -0.385. The fraction of sp³-hybridized carbons (Fsp3) is 0.154. The van der Waals surface area contributed by atoms with Gasteiger partial charge in [-0.3, -0.25) is 10.1 Å². The third-order valence-electron chi connectivity index (χ3n) is 5.12. The smallest absolute Gasteiger partial charge is 0.363 e. The number of nitro benzene ring substituents is 1. The molecular weight excluding hydrogens is 563 g/mol. The van der Waals surface area contributed by atoms with Crippen LogP contribution in [-0.4, -0.2) is 23.4 Å². The molecule has 8 nitrogen and oxygen atoms in total. The van der Waals surface area contributed by atoms with E-state index in [0.717, 1.165) is 9.13 Å². The van der Waals surface area contributed by atoms with Crippen molar-refractivity contribution in [3.05, 3.63) is 102 Å². The maximum absolute atomic E-state index is 12.4. The van der Waals surface area contributed by atoms with E-state index in [1.54, 1.807) is 37.3 Å². The molecule has 0 aromatic heterocycles. The average Bonchev–Trinajstić information content (AvgIpc) is 3.18. The molecule has 0 atom stereocenters. The predicted octanol–water partition coefficient (Wildman–Crippen LogP) is 5.83. The zero-order valence-corrected chi connectivity index (χ0v) is 21.1. The highest BCUT2D eigenvalue weighted by Gasteiger charge is 2.25. The molecule has 0 unspecified atom stereocenters. The van der Waals surface area contributed by atoms with Crippen molar-refractivity contribution in [1.82, 2.24) is 0 Å². The SMILES string of the molecule is CCOc1cc(/C=C2\N=C(c3ccc([N+](=O)[O-])c(C)c3)OC2=O)ccc1OCc1cccc(I)c1. The van der Waals surface area contributed by atoms with Gasteiger partial charge in [-0.15, -0.1) is 0 Å². The van der Waals surface area contributed by atoms with Gasteiger partial charge >= 0.3 is 5.97 Å². The van der Waals surface area contributed by atoms with Crippen LogP contribution in [0.4, 0.5) is 5.69 Å². The second-order valence-electron chi connectivity index (χ2n) is 7.65. The van der Waals surface area contributed by atoms with Crippen molar-refractivity contribution < 1.29 is 23.9 Å². The number of carbonyl (C=O) groups excluding carboxylic acids is 1. The molecule has 3 aromatic rings. The molecule has 9 heteroatoms. The van der Waals surface area contributed by atoms with Crippen LogP contribution in [0.2, 0.25) is 0 Å². The number of hydrogen-bond acceptors (Lipinski definition) is 7. The summed E-state index contributed by atoms with van der Waals surface area (Å²) in [5.41, 5.74) is 2.77. The van der Waals surface area contributed by atoms with E-state index < -0.39 is 10.9 Å². The lowest BCUT2D eigenvalue weighted by Gasteiger charge is -2.13. The molecule has 0 saturated heterocycles. The molecule has 35 heavy (non-hydrogen) atoms. The molecule has 1 aliphatic heterocycles. The zero-order chi connectivity index (χ0) is 24.9. The highest BCUT2D eigenvalue weighted by atomic mass is 127. The van der Waals surface area contributed by atoms with Gasteiger partial charge in [0.1, 0.15) is 6.61 Å². The van der Waals surface area contributed by atoms with Gasteiger partial charge in [-0.25, -0.2) is 9.79 Å². The van der Waals surface area contributed by atoms with Gasteiger partial charge in [-0.05, 0) is 90.0 Å². The predicted molar refractivity (Wildman–Crippen MR) is 140 cm³/mol. The molecule has 3 aromatic carbocycles. The van der Waals surface area contributed by atoms with Crippen molar-refractivity contribution in [3.63, 3.8) is 0 Å². The van der Waals surface area contributed by atoms with Crippen LogP contribution in [0.5, 0.6) is 11.5 Å². The first-order valence-electron chi connectivity index (χ1n) is 10.8. The van der Waals surface area contributed by atoms with Gasteiger partial charge in [-0.2, -0.15) is 0 Å². The Morgan fingerprint density at radius 1 is 1.09 bits per heavy atom. The van der Waals surface area contributed by atoms with Crippen LogP contribution in [0, 0.1) is 20.6 Å². The maximum Gasteiger partial charge on any atom is 0.363 e. The fourth-order valence-electron chi connectivity index (χ4n) is 3.47. The molecule has 0 radical (unpaired) electrons. The summed E-state index contributed by atoms with van der Waals surface area (Å²) < 4.78 is 18.2. The van der Waals surface area contributed by atoms with Crippen molar-refractivity contribution in [2.75, 3.05) is 6.61 Å². The molecule has 178 valence electrons. The molecule has 4 rings (SSSR count). The van der Waals surface area contributed by atoms with Crippen LogP contribution >= 0.6 is 22.6 Å². The Kier molecular flexibility index (Phi) is 7.45. The number of aliphatic imine (C=N–C) groups is 1. The Morgan fingerprint density at radius 2 is 1.91 bits per heavy atom. The van der Waals surface area contributed by atoms with Gasteiger partial charge < -0.3 is 14.2 Å². The number of hydrogen-bond donors (Lipinski definition) is 0. The summed E-state index contributed by atoms with van der Waals surface area (Å²) in [6.07, 6.45) is 1.60. The quantitative estimate of drug-likeness (QED) is 0.109. The third kappa shape index (κ3) is 5.86. The van der Waals surface area contributed by atoms with Gasteiger partial charge in [0.2, 0.25) is 5.90 Å². The first kappa shape index (κ1) is 24.4. The molecule has 1 aliphatic rings. The Morgan fingerprint density at radius 3 is 2.63 bits per heavy atom. The molecule has 0 N–H and O–H groups in total. The molecule has 0 spiro atoms. The number of benzene rings is 3. The number of ether oxygens (including phenoxy) is 3. The standard InChI is InChI=1S/C26H21IN2O6/c1-3-33-24-14-17(7-10-23(24)34-15-18-5-4-6-20(27)12-18)13-21-26(30)35-25(28-21)19-8-9-22(29(31)32)16(2)11-19/h4-14H,3,15H2,1-2H3/b21-13-. The largest absolute Gasteiger partial charge is 0.490 e. The molecular formula is C26H21IN2O6. The number of halogens is 1. The highest BCUT2D eigenvalue weighted by molar-refractivity contribution is 14.1. The number of cyclic esters (lactones) is 1. The van der Waals surface area contributed by atoms with E-state index in [1.807, 2.05) is 31.2 Å². The topological polar surface area (TPSA) is 100 Å². The zero-order valence-electron chi connectivity index (χ0n) is 19.0. The first-order chi connectivity index (χ1) is 16.8. The number of esters is 1. The van der Waals surface area contributed by atoms with Crippen molar-refractivity contribution in [1.29, 1.82) is 0 Å². The monoisotopic (exact) mass is 584 g/mol. The minimum atomic E-state index is -0.604. The van der Waals surface area contributed by atoms with Crippen molar-refractivity contribution >= 4 is 46.2 Å². The summed E-state index contributed by atoms with van der Waals surface area (Å²) in [6, 6.07) is 17.8. The summed E-state index contributed by atoms with van der Waals surface area (Å²) in [5.74, 6) is 0.635. The number of aryl methyl sites for hydroxylation is 1. The molecule has 0 amide bonds. The average molecular weight is 584 g/mol. The van der Waals surface area contributed by atoms with E-state index in [2.05, 4.69) is 27.6 Å². The van der Waals surface area contributed by atoms with E-state index in [4.69, 9.17) is 14.2 Å². The summed E-state index contributed by atoms with van der Waals surface area (Å²) in [7, 11) is 0. The van der Waals surface area contributed by atoms with Crippen LogP contribution in [-0.2, 0) is 16.1 Å².